The molecular weight excluding hydrogens is 156 g/mol. The smallest absolute Gasteiger partial charge is 0.218 e. The zero-order valence-corrected chi connectivity index (χ0v) is 7.63. The molecule has 0 heterocycles. The third-order valence-electron chi connectivity index (χ3n) is 1.57. The quantitative estimate of drug-likeness (QED) is 0.630. The Morgan fingerprint density at radius 3 is 2.58 bits per heavy atom. The molecule has 0 aromatic heterocycles. The Morgan fingerprint density at radius 1 is 1.75 bits per heavy atom. The summed E-state index contributed by atoms with van der Waals surface area (Å²) >= 11 is 0. The Labute approximate surface area is 72.5 Å². The van der Waals surface area contributed by atoms with Crippen LogP contribution in [0.15, 0.2) is 0 Å². The van der Waals surface area contributed by atoms with Crippen molar-refractivity contribution >= 4 is 5.91 Å². The zero-order chi connectivity index (χ0) is 9.56. The van der Waals surface area contributed by atoms with E-state index in [0.29, 0.717) is 6.42 Å². The van der Waals surface area contributed by atoms with Gasteiger partial charge in [-0.2, -0.15) is 5.26 Å². The first-order valence-electron chi connectivity index (χ1n) is 3.85. The number of methoxy groups -OCH3 is 1. The van der Waals surface area contributed by atoms with Gasteiger partial charge in [-0.3, -0.25) is 4.79 Å². The molecule has 0 aromatic rings. The van der Waals surface area contributed by atoms with Gasteiger partial charge in [0.25, 0.3) is 0 Å². The van der Waals surface area contributed by atoms with Crippen molar-refractivity contribution in [2.24, 2.45) is 5.92 Å². The summed E-state index contributed by atoms with van der Waals surface area (Å²) in [5.41, 5.74) is 0. The van der Waals surface area contributed by atoms with E-state index in [1.807, 2.05) is 6.92 Å². The number of hydrogen-bond acceptors (Lipinski definition) is 3. The molecule has 0 bridgehead atoms. The van der Waals surface area contributed by atoms with Crippen molar-refractivity contribution in [3.63, 3.8) is 0 Å². The Balaban J connectivity index is 4.13. The first-order chi connectivity index (χ1) is 5.65. The van der Waals surface area contributed by atoms with Crippen LogP contribution in [0.1, 0.15) is 20.3 Å². The van der Waals surface area contributed by atoms with Gasteiger partial charge in [0.2, 0.25) is 5.91 Å². The van der Waals surface area contributed by atoms with Gasteiger partial charge in [-0.15, -0.1) is 0 Å². The highest BCUT2D eigenvalue weighted by atomic mass is 16.5. The summed E-state index contributed by atoms with van der Waals surface area (Å²) in [5.74, 6) is -0.463. The van der Waals surface area contributed by atoms with Crippen molar-refractivity contribution in [1.29, 1.82) is 5.26 Å². The molecule has 0 aromatic carbocycles. The van der Waals surface area contributed by atoms with E-state index in [-0.39, 0.29) is 11.8 Å². The minimum absolute atomic E-state index is 0.185. The predicted molar refractivity (Wildman–Crippen MR) is 44.0 cm³/mol. The van der Waals surface area contributed by atoms with E-state index in [4.69, 9.17) is 10.00 Å². The lowest BCUT2D eigenvalue weighted by molar-refractivity contribution is -0.123. The molecule has 0 aliphatic rings. The second-order valence-corrected chi connectivity index (χ2v) is 2.50. The van der Waals surface area contributed by atoms with Crippen LogP contribution in [-0.2, 0) is 9.53 Å². The summed E-state index contributed by atoms with van der Waals surface area (Å²) in [7, 11) is 1.47. The van der Waals surface area contributed by atoms with Gasteiger partial charge in [0.1, 0.15) is 6.23 Å². The Kier molecular flexibility index (Phi) is 5.06. The molecule has 0 rings (SSSR count). The number of nitrogens with one attached hydrogen (secondary N) is 1. The second kappa shape index (κ2) is 5.56. The van der Waals surface area contributed by atoms with E-state index in [2.05, 4.69) is 11.4 Å². The molecule has 0 aliphatic heterocycles. The Morgan fingerprint density at radius 2 is 2.33 bits per heavy atom. The first-order valence-corrected chi connectivity index (χ1v) is 3.85. The van der Waals surface area contributed by atoms with Gasteiger partial charge in [0.15, 0.2) is 0 Å². The van der Waals surface area contributed by atoms with E-state index in [0.717, 1.165) is 0 Å². The lowest BCUT2D eigenvalue weighted by atomic mass is 10.1. The molecule has 0 saturated carbocycles. The fourth-order valence-corrected chi connectivity index (χ4v) is 0.897. The van der Waals surface area contributed by atoms with Crippen molar-refractivity contribution in [1.82, 2.24) is 5.32 Å². The molecule has 1 N–H and O–H groups in total. The molecule has 68 valence electrons. The van der Waals surface area contributed by atoms with Gasteiger partial charge in [-0.1, -0.05) is 6.92 Å². The third kappa shape index (κ3) is 3.35. The molecule has 0 radical (unpaired) electrons. The Hall–Kier alpha value is -1.08. The topological polar surface area (TPSA) is 62.1 Å². The van der Waals surface area contributed by atoms with Crippen LogP contribution in [0, 0.1) is 17.2 Å². The lowest BCUT2D eigenvalue weighted by Crippen LogP contribution is -2.39. The molecule has 2 atom stereocenters. The largest absolute Gasteiger partial charge is 0.360 e. The highest BCUT2D eigenvalue weighted by molar-refractivity contribution is 5.73. The molecule has 1 amide bonds. The maximum Gasteiger partial charge on any atom is 0.218 e. The second-order valence-electron chi connectivity index (χ2n) is 2.50. The number of carbonyl (C=O) groups is 1. The van der Waals surface area contributed by atoms with E-state index in [1.54, 1.807) is 0 Å². The summed E-state index contributed by atoms with van der Waals surface area (Å²) in [5, 5.41) is 11.2. The van der Waals surface area contributed by atoms with Crippen LogP contribution >= 0.6 is 0 Å². The van der Waals surface area contributed by atoms with Crippen molar-refractivity contribution in [2.75, 3.05) is 7.11 Å². The highest BCUT2D eigenvalue weighted by Crippen LogP contribution is 2.07. The van der Waals surface area contributed by atoms with Gasteiger partial charge in [-0.05, 0) is 6.42 Å². The van der Waals surface area contributed by atoms with Crippen LogP contribution in [0.5, 0.6) is 0 Å². The van der Waals surface area contributed by atoms with E-state index in [9.17, 15) is 4.79 Å². The number of ether oxygens (including phenoxy) is 1. The SMILES string of the molecule is CC[C@@H](C#N)[C@H](NC(C)=O)OC. The fraction of sp³-hybridized carbons (Fsp3) is 0.750. The van der Waals surface area contributed by atoms with E-state index in [1.165, 1.54) is 14.0 Å². The summed E-state index contributed by atoms with van der Waals surface area (Å²) < 4.78 is 4.95. The minimum atomic E-state index is -0.488. The minimum Gasteiger partial charge on any atom is -0.360 e. The average Bonchev–Trinajstić information content (AvgIpc) is 2.04. The van der Waals surface area contributed by atoms with Crippen LogP contribution in [0.2, 0.25) is 0 Å². The van der Waals surface area contributed by atoms with Crippen molar-refractivity contribution in [3.8, 4) is 6.07 Å². The van der Waals surface area contributed by atoms with Crippen molar-refractivity contribution < 1.29 is 9.53 Å². The molecule has 4 nitrogen and oxygen atoms in total. The van der Waals surface area contributed by atoms with Crippen molar-refractivity contribution in [2.45, 2.75) is 26.5 Å². The van der Waals surface area contributed by atoms with Crippen molar-refractivity contribution in [3.05, 3.63) is 0 Å². The summed E-state index contributed by atoms with van der Waals surface area (Å²) in [6.07, 6.45) is 0.174. The number of hydrogen-bond donors (Lipinski definition) is 1. The van der Waals surface area contributed by atoms with Gasteiger partial charge >= 0.3 is 0 Å². The molecule has 0 aliphatic carbocycles. The highest BCUT2D eigenvalue weighted by Gasteiger charge is 2.19. The number of carbonyl (C=O) groups excluding carboxylic acids is 1. The Bertz CT molecular complexity index is 186. The molecule has 0 saturated heterocycles. The molecule has 12 heavy (non-hydrogen) atoms. The van der Waals surface area contributed by atoms with Crippen LogP contribution in [0.3, 0.4) is 0 Å². The predicted octanol–water partition coefficient (Wildman–Crippen LogP) is 0.645. The standard InChI is InChI=1S/C8H14N2O2/c1-4-7(5-9)8(12-3)10-6(2)11/h7-8H,4H2,1-3H3,(H,10,11)/t7-,8+/m0/s1. The monoisotopic (exact) mass is 170 g/mol. The molecule has 0 spiro atoms. The average molecular weight is 170 g/mol. The van der Waals surface area contributed by atoms with Crippen LogP contribution in [0.4, 0.5) is 0 Å². The van der Waals surface area contributed by atoms with Crippen LogP contribution < -0.4 is 5.32 Å². The molecular formula is C8H14N2O2. The first kappa shape index (κ1) is 10.9. The maximum absolute atomic E-state index is 10.6. The van der Waals surface area contributed by atoms with Crippen LogP contribution in [0.25, 0.3) is 0 Å². The number of rotatable bonds is 4. The normalized spacial score (nSPS) is 14.5. The number of nitrogens with zero attached hydrogens (tertiary/aromatic N) is 1. The lowest BCUT2D eigenvalue weighted by Gasteiger charge is -2.19. The van der Waals surface area contributed by atoms with Crippen LogP contribution in [-0.4, -0.2) is 19.2 Å². The van der Waals surface area contributed by atoms with E-state index < -0.39 is 6.23 Å². The maximum atomic E-state index is 10.6. The van der Waals surface area contributed by atoms with Gasteiger partial charge < -0.3 is 10.1 Å². The summed E-state index contributed by atoms with van der Waals surface area (Å²) in [6.45, 7) is 3.28. The molecule has 4 heteroatoms. The fourth-order valence-electron chi connectivity index (χ4n) is 0.897. The zero-order valence-electron chi connectivity index (χ0n) is 7.63. The molecule has 0 unspecified atom stereocenters. The van der Waals surface area contributed by atoms with E-state index >= 15 is 0 Å². The van der Waals surface area contributed by atoms with Gasteiger partial charge in [-0.25, -0.2) is 0 Å². The number of amides is 1. The summed E-state index contributed by atoms with van der Waals surface area (Å²) in [6, 6.07) is 2.07. The summed E-state index contributed by atoms with van der Waals surface area (Å²) in [4.78, 5) is 10.6. The van der Waals surface area contributed by atoms with Gasteiger partial charge in [0.05, 0.1) is 12.0 Å². The number of nitriles is 1. The molecule has 0 fully saturated rings. The third-order valence-corrected chi connectivity index (χ3v) is 1.57. The van der Waals surface area contributed by atoms with Gasteiger partial charge in [0, 0.05) is 14.0 Å².